The van der Waals surface area contributed by atoms with Gasteiger partial charge in [0.1, 0.15) is 5.75 Å². The molecule has 0 saturated heterocycles. The lowest BCUT2D eigenvalue weighted by molar-refractivity contribution is -0.137. The number of aliphatic imine (C=N–C) groups is 1. The highest BCUT2D eigenvalue weighted by Crippen LogP contribution is 2.30. The summed E-state index contributed by atoms with van der Waals surface area (Å²) < 4.78 is 49.2. The van der Waals surface area contributed by atoms with Crippen molar-refractivity contribution in [2.24, 2.45) is 4.99 Å². The number of ether oxygens (including phenoxy) is 2. The zero-order chi connectivity index (χ0) is 22.0. The van der Waals surface area contributed by atoms with Gasteiger partial charge in [-0.05, 0) is 55.0 Å². The molecule has 0 saturated carbocycles. The minimum absolute atomic E-state index is 0.00151. The Kier molecular flexibility index (Phi) is 5.29. The molecule has 0 aliphatic carbocycles. The van der Waals surface area contributed by atoms with E-state index in [1.807, 2.05) is 19.1 Å². The fourth-order valence-electron chi connectivity index (χ4n) is 2.80. The van der Waals surface area contributed by atoms with E-state index in [4.69, 9.17) is 9.47 Å². The number of rotatable bonds is 4. The monoisotopic (exact) mass is 424 g/mol. The van der Waals surface area contributed by atoms with Crippen LogP contribution in [0.5, 0.6) is 11.6 Å². The molecule has 2 aromatic carbocycles. The highest BCUT2D eigenvalue weighted by Gasteiger charge is 2.30. The lowest BCUT2D eigenvalue weighted by Gasteiger charge is -2.09. The first kappa shape index (κ1) is 20.3. The number of esters is 1. The largest absolute Gasteiger partial charge is 0.438 e. The molecule has 1 aliphatic heterocycles. The smallest absolute Gasteiger partial charge is 0.416 e. The summed E-state index contributed by atoms with van der Waals surface area (Å²) in [6, 6.07) is 15.0. The average molecular weight is 424 g/mol. The third-order valence-electron chi connectivity index (χ3n) is 4.40. The maximum Gasteiger partial charge on any atom is 0.416 e. The standard InChI is InChI=1S/C23H15F3N2O3/c1-14-4-10-17(11-5-14)30-20-18(3-2-12-27-20)21-28-19(22(29)31-21)13-15-6-8-16(9-7-15)23(24,25)26/h2-13H,1H3/b19-13-. The number of cyclic esters (lactones) is 1. The lowest BCUT2D eigenvalue weighted by Crippen LogP contribution is -2.07. The zero-order valence-electron chi connectivity index (χ0n) is 16.2. The van der Waals surface area contributed by atoms with Crippen molar-refractivity contribution < 1.29 is 27.4 Å². The highest BCUT2D eigenvalue weighted by molar-refractivity contribution is 6.13. The summed E-state index contributed by atoms with van der Waals surface area (Å²) in [4.78, 5) is 20.6. The molecule has 0 spiro atoms. The van der Waals surface area contributed by atoms with Gasteiger partial charge in [-0.1, -0.05) is 29.8 Å². The molecule has 1 aromatic heterocycles. The first-order valence-corrected chi connectivity index (χ1v) is 9.19. The third-order valence-corrected chi connectivity index (χ3v) is 4.40. The van der Waals surface area contributed by atoms with Gasteiger partial charge in [0.05, 0.1) is 11.1 Å². The predicted octanol–water partition coefficient (Wildman–Crippen LogP) is 5.55. The Balaban J connectivity index is 1.61. The number of aromatic nitrogens is 1. The summed E-state index contributed by atoms with van der Waals surface area (Å²) in [5.41, 5.74) is 1.00. The topological polar surface area (TPSA) is 60.8 Å². The Morgan fingerprint density at radius 3 is 2.39 bits per heavy atom. The van der Waals surface area contributed by atoms with Crippen molar-refractivity contribution in [3.8, 4) is 11.6 Å². The number of aryl methyl sites for hydroxylation is 1. The van der Waals surface area contributed by atoms with Crippen molar-refractivity contribution in [1.82, 2.24) is 4.98 Å². The molecule has 0 N–H and O–H groups in total. The number of nitrogens with zero attached hydrogens (tertiary/aromatic N) is 2. The van der Waals surface area contributed by atoms with Crippen LogP contribution in [0.2, 0.25) is 0 Å². The van der Waals surface area contributed by atoms with Gasteiger partial charge >= 0.3 is 12.1 Å². The normalized spacial score (nSPS) is 15.0. The van der Waals surface area contributed by atoms with E-state index in [0.717, 1.165) is 17.7 Å². The summed E-state index contributed by atoms with van der Waals surface area (Å²) in [5, 5.41) is 0. The molecule has 0 bridgehead atoms. The van der Waals surface area contributed by atoms with E-state index in [-0.39, 0.29) is 17.5 Å². The minimum atomic E-state index is -4.43. The highest BCUT2D eigenvalue weighted by atomic mass is 19.4. The molecule has 8 heteroatoms. The second-order valence-electron chi connectivity index (χ2n) is 6.73. The molecule has 4 rings (SSSR count). The Hall–Kier alpha value is -3.94. The zero-order valence-corrected chi connectivity index (χ0v) is 16.2. The molecule has 3 aromatic rings. The van der Waals surface area contributed by atoms with Gasteiger partial charge in [-0.3, -0.25) is 0 Å². The number of carbonyl (C=O) groups excluding carboxylic acids is 1. The van der Waals surface area contributed by atoms with Crippen LogP contribution in [-0.2, 0) is 15.7 Å². The van der Waals surface area contributed by atoms with Crippen molar-refractivity contribution in [3.63, 3.8) is 0 Å². The average Bonchev–Trinajstić information content (AvgIpc) is 3.10. The molecule has 0 radical (unpaired) electrons. The molecule has 0 unspecified atom stereocenters. The fraction of sp³-hybridized carbons (Fsp3) is 0.0870. The molecule has 1 aliphatic rings. The van der Waals surface area contributed by atoms with Crippen molar-refractivity contribution in [3.05, 3.63) is 94.8 Å². The van der Waals surface area contributed by atoms with E-state index in [1.165, 1.54) is 24.4 Å². The van der Waals surface area contributed by atoms with Crippen LogP contribution < -0.4 is 4.74 Å². The molecule has 0 fully saturated rings. The van der Waals surface area contributed by atoms with E-state index in [1.54, 1.807) is 24.3 Å². The molecule has 2 heterocycles. The number of pyridine rings is 1. The number of hydrogen-bond acceptors (Lipinski definition) is 5. The number of hydrogen-bond donors (Lipinski definition) is 0. The summed E-state index contributed by atoms with van der Waals surface area (Å²) in [6.45, 7) is 1.95. The molecule has 0 atom stereocenters. The van der Waals surface area contributed by atoms with Crippen molar-refractivity contribution in [2.75, 3.05) is 0 Å². The van der Waals surface area contributed by atoms with Gasteiger partial charge < -0.3 is 9.47 Å². The van der Waals surface area contributed by atoms with Gasteiger partial charge in [0.2, 0.25) is 11.8 Å². The third kappa shape index (κ3) is 4.63. The van der Waals surface area contributed by atoms with Crippen LogP contribution >= 0.6 is 0 Å². The van der Waals surface area contributed by atoms with E-state index in [9.17, 15) is 18.0 Å². The van der Waals surface area contributed by atoms with Gasteiger partial charge in [0.15, 0.2) is 5.70 Å². The molecule has 0 amide bonds. The first-order chi connectivity index (χ1) is 14.8. The predicted molar refractivity (Wildman–Crippen MR) is 108 cm³/mol. The Labute approximate surface area is 175 Å². The van der Waals surface area contributed by atoms with Gasteiger partial charge in [0, 0.05) is 6.20 Å². The van der Waals surface area contributed by atoms with Crippen molar-refractivity contribution >= 4 is 17.9 Å². The molecule has 156 valence electrons. The second-order valence-corrected chi connectivity index (χ2v) is 6.73. The van der Waals surface area contributed by atoms with Gasteiger partial charge in [-0.2, -0.15) is 13.2 Å². The van der Waals surface area contributed by atoms with Gasteiger partial charge in [-0.15, -0.1) is 0 Å². The van der Waals surface area contributed by atoms with E-state index < -0.39 is 17.7 Å². The number of carbonyl (C=O) groups is 1. The first-order valence-electron chi connectivity index (χ1n) is 9.19. The van der Waals surface area contributed by atoms with Crippen LogP contribution in [0.25, 0.3) is 6.08 Å². The summed E-state index contributed by atoms with van der Waals surface area (Å²) in [7, 11) is 0. The van der Waals surface area contributed by atoms with Crippen LogP contribution in [0.3, 0.4) is 0 Å². The molecule has 31 heavy (non-hydrogen) atoms. The summed E-state index contributed by atoms with van der Waals surface area (Å²) in [6.07, 6.45) is -1.55. The van der Waals surface area contributed by atoms with E-state index >= 15 is 0 Å². The molecule has 5 nitrogen and oxygen atoms in total. The van der Waals surface area contributed by atoms with Crippen LogP contribution in [0.4, 0.5) is 13.2 Å². The van der Waals surface area contributed by atoms with Gasteiger partial charge in [0.25, 0.3) is 0 Å². The van der Waals surface area contributed by atoms with E-state index in [0.29, 0.717) is 16.9 Å². The Bertz CT molecular complexity index is 1180. The minimum Gasteiger partial charge on any atom is -0.438 e. The summed E-state index contributed by atoms with van der Waals surface area (Å²) in [5.74, 6) is 0.0306. The quantitative estimate of drug-likeness (QED) is 0.407. The van der Waals surface area contributed by atoms with Crippen molar-refractivity contribution in [2.45, 2.75) is 13.1 Å². The molecular formula is C23H15F3N2O3. The number of alkyl halides is 3. The van der Waals surface area contributed by atoms with Crippen LogP contribution in [-0.4, -0.2) is 16.9 Å². The van der Waals surface area contributed by atoms with Crippen LogP contribution in [0.15, 0.2) is 77.5 Å². The fourth-order valence-corrected chi connectivity index (χ4v) is 2.80. The lowest BCUT2D eigenvalue weighted by atomic mass is 10.1. The van der Waals surface area contributed by atoms with Crippen molar-refractivity contribution in [1.29, 1.82) is 0 Å². The Morgan fingerprint density at radius 2 is 1.71 bits per heavy atom. The number of benzene rings is 2. The second kappa shape index (κ2) is 8.06. The van der Waals surface area contributed by atoms with Gasteiger partial charge in [-0.25, -0.2) is 14.8 Å². The molecular weight excluding hydrogens is 409 g/mol. The van der Waals surface area contributed by atoms with Crippen LogP contribution in [0, 0.1) is 6.92 Å². The van der Waals surface area contributed by atoms with Crippen LogP contribution in [0.1, 0.15) is 22.3 Å². The SMILES string of the molecule is Cc1ccc(Oc2ncccc2C2=N/C(=C\c3ccc(C(F)(F)F)cc3)C(=O)O2)cc1. The summed E-state index contributed by atoms with van der Waals surface area (Å²) >= 11 is 0. The Morgan fingerprint density at radius 1 is 1.00 bits per heavy atom. The van der Waals surface area contributed by atoms with E-state index in [2.05, 4.69) is 9.98 Å². The maximum absolute atomic E-state index is 12.7. The maximum atomic E-state index is 12.7. The number of halogens is 3.